The number of piperidine rings is 1. The van der Waals surface area contributed by atoms with E-state index in [-0.39, 0.29) is 28.6 Å². The van der Waals surface area contributed by atoms with Crippen molar-refractivity contribution in [1.29, 1.82) is 0 Å². The number of nitrogens with one attached hydrogen (secondary N) is 1. The first-order valence-corrected chi connectivity index (χ1v) is 11.9. The van der Waals surface area contributed by atoms with Gasteiger partial charge in [0.1, 0.15) is 0 Å². The number of carbonyl (C=O) groups excluding carboxylic acids is 2. The smallest absolute Gasteiger partial charge is 0.235 e. The zero-order chi connectivity index (χ0) is 22.4. The van der Waals surface area contributed by atoms with Crippen molar-refractivity contribution in [1.82, 2.24) is 14.9 Å². The monoisotopic (exact) mass is 428 g/mol. The quantitative estimate of drug-likeness (QED) is 0.548. The molecule has 3 aliphatic rings. The van der Waals surface area contributed by atoms with Crippen molar-refractivity contribution in [3.8, 4) is 0 Å². The highest BCUT2D eigenvalue weighted by Gasteiger charge is 2.64. The summed E-state index contributed by atoms with van der Waals surface area (Å²) in [7, 11) is 0. The Labute approximate surface area is 186 Å². The van der Waals surface area contributed by atoms with Gasteiger partial charge in [-0.3, -0.25) is 14.5 Å². The van der Waals surface area contributed by atoms with E-state index in [0.29, 0.717) is 6.54 Å². The number of likely N-dealkylation sites (tertiary alicyclic amines) is 1. The summed E-state index contributed by atoms with van der Waals surface area (Å²) in [5.41, 5.74) is 1.43. The Hall–Kier alpha value is -2.02. The van der Waals surface area contributed by atoms with E-state index < -0.39 is 0 Å². The van der Waals surface area contributed by atoms with Gasteiger partial charge in [0.25, 0.3) is 0 Å². The number of aryl methyl sites for hydroxylation is 2. The molecule has 1 N–H and O–H groups in total. The summed E-state index contributed by atoms with van der Waals surface area (Å²) >= 11 is 0. The molecule has 7 nitrogen and oxygen atoms in total. The number of quaternary nitrogens is 1. The Balaban J connectivity index is 1.23. The molecule has 2 amide bonds. The van der Waals surface area contributed by atoms with Crippen LogP contribution < -0.4 is 9.80 Å². The van der Waals surface area contributed by atoms with Crippen LogP contribution in [0.3, 0.4) is 0 Å². The first-order chi connectivity index (χ1) is 14.6. The fourth-order valence-electron chi connectivity index (χ4n) is 5.88. The van der Waals surface area contributed by atoms with Crippen LogP contribution in [0.2, 0.25) is 0 Å². The maximum absolute atomic E-state index is 13.1. The first-order valence-electron chi connectivity index (χ1n) is 11.9. The van der Waals surface area contributed by atoms with Crippen LogP contribution in [0.15, 0.2) is 6.07 Å². The number of fused-ring (bicyclic) bond motifs is 2. The molecule has 170 valence electrons. The topological polar surface area (TPSA) is 70.8 Å². The van der Waals surface area contributed by atoms with Gasteiger partial charge in [0.15, 0.2) is 0 Å². The summed E-state index contributed by atoms with van der Waals surface area (Å²) in [6, 6.07) is 2.01. The highest BCUT2D eigenvalue weighted by molar-refractivity contribution is 6.03. The van der Waals surface area contributed by atoms with Crippen LogP contribution in [0.4, 0.5) is 5.95 Å². The lowest BCUT2D eigenvalue weighted by molar-refractivity contribution is -0.900. The molecule has 3 heterocycles. The minimum Gasteiger partial charge on any atom is -0.332 e. The van der Waals surface area contributed by atoms with Crippen LogP contribution in [-0.4, -0.2) is 66.0 Å². The summed E-state index contributed by atoms with van der Waals surface area (Å²) in [5, 5.41) is 0. The van der Waals surface area contributed by atoms with E-state index in [1.165, 1.54) is 0 Å². The molecule has 2 bridgehead atoms. The van der Waals surface area contributed by atoms with Crippen LogP contribution in [0, 0.1) is 30.6 Å². The number of amides is 2. The van der Waals surface area contributed by atoms with Gasteiger partial charge in [0.05, 0.1) is 38.1 Å². The standard InChI is InChI=1S/C24H37N5O2/c1-17-16-18(2)26-22(25-17)28-14-12-27(13-15-28)10-6-7-11-29-20(30)19-8-9-24(5,21(29)31)23(19,3)4/h16,19H,6-15H2,1-5H3/p+1/t19-,24-/m0/s1. The second kappa shape index (κ2) is 8.15. The molecule has 1 aliphatic carbocycles. The van der Waals surface area contributed by atoms with Gasteiger partial charge < -0.3 is 9.80 Å². The molecule has 4 rings (SSSR count). The summed E-state index contributed by atoms with van der Waals surface area (Å²) in [5.74, 6) is 0.983. The number of aromatic nitrogens is 2. The lowest BCUT2D eigenvalue weighted by Crippen LogP contribution is -3.14. The second-order valence-corrected chi connectivity index (χ2v) is 10.6. The van der Waals surface area contributed by atoms with Crippen LogP contribution in [0.5, 0.6) is 0 Å². The number of carbonyl (C=O) groups is 2. The Morgan fingerprint density at radius 1 is 1.06 bits per heavy atom. The summed E-state index contributed by atoms with van der Waals surface area (Å²) in [4.78, 5) is 40.7. The molecule has 2 aliphatic heterocycles. The molecule has 31 heavy (non-hydrogen) atoms. The number of rotatable bonds is 6. The Kier molecular flexibility index (Phi) is 5.83. The fraction of sp³-hybridized carbons (Fsp3) is 0.750. The van der Waals surface area contributed by atoms with Gasteiger partial charge in [-0.1, -0.05) is 20.8 Å². The molecule has 0 spiro atoms. The summed E-state index contributed by atoms with van der Waals surface area (Å²) < 4.78 is 0. The Morgan fingerprint density at radius 2 is 1.71 bits per heavy atom. The predicted octanol–water partition coefficient (Wildman–Crippen LogP) is 1.39. The molecule has 7 heteroatoms. The number of piperazine rings is 1. The molecule has 0 radical (unpaired) electrons. The Bertz CT molecular complexity index is 841. The highest BCUT2D eigenvalue weighted by atomic mass is 16.2. The number of anilines is 1. The number of unbranched alkanes of at least 4 members (excludes halogenated alkanes) is 1. The van der Waals surface area contributed by atoms with Gasteiger partial charge in [-0.15, -0.1) is 0 Å². The van der Waals surface area contributed by atoms with E-state index in [4.69, 9.17) is 0 Å². The van der Waals surface area contributed by atoms with Crippen molar-refractivity contribution in [3.63, 3.8) is 0 Å². The number of hydrogen-bond acceptors (Lipinski definition) is 5. The number of imide groups is 1. The van der Waals surface area contributed by atoms with E-state index in [9.17, 15) is 9.59 Å². The normalized spacial score (nSPS) is 28.5. The average molecular weight is 429 g/mol. The molecule has 2 atom stereocenters. The van der Waals surface area contributed by atoms with Crippen molar-refractivity contribution >= 4 is 17.8 Å². The van der Waals surface area contributed by atoms with Crippen molar-refractivity contribution in [3.05, 3.63) is 17.5 Å². The fourth-order valence-corrected chi connectivity index (χ4v) is 5.88. The van der Waals surface area contributed by atoms with Gasteiger partial charge in [-0.05, 0) is 51.0 Å². The van der Waals surface area contributed by atoms with Crippen molar-refractivity contribution in [2.75, 3.05) is 44.2 Å². The van der Waals surface area contributed by atoms with Gasteiger partial charge in [-0.2, -0.15) is 0 Å². The molecule has 1 aromatic heterocycles. The van der Waals surface area contributed by atoms with E-state index in [2.05, 4.69) is 35.6 Å². The largest absolute Gasteiger partial charge is 0.332 e. The molecule has 1 aromatic rings. The third-order valence-electron chi connectivity index (χ3n) is 8.39. The minimum absolute atomic E-state index is 0.00128. The third kappa shape index (κ3) is 3.86. The summed E-state index contributed by atoms with van der Waals surface area (Å²) in [6.07, 6.45) is 3.62. The van der Waals surface area contributed by atoms with E-state index in [1.54, 1.807) is 9.80 Å². The van der Waals surface area contributed by atoms with E-state index >= 15 is 0 Å². The molecule has 2 saturated heterocycles. The molecule has 0 aromatic carbocycles. The predicted molar refractivity (Wildman–Crippen MR) is 120 cm³/mol. The molecular formula is C24H38N5O2+. The van der Waals surface area contributed by atoms with E-state index in [1.807, 2.05) is 19.9 Å². The van der Waals surface area contributed by atoms with Crippen LogP contribution >= 0.6 is 0 Å². The maximum atomic E-state index is 13.1. The zero-order valence-electron chi connectivity index (χ0n) is 19.8. The lowest BCUT2D eigenvalue weighted by atomic mass is 9.62. The number of hydrogen-bond donors (Lipinski definition) is 1. The summed E-state index contributed by atoms with van der Waals surface area (Å²) in [6.45, 7) is 16.1. The highest BCUT2D eigenvalue weighted by Crippen LogP contribution is 2.60. The van der Waals surface area contributed by atoms with Crippen molar-refractivity contribution in [2.45, 2.75) is 60.3 Å². The van der Waals surface area contributed by atoms with Crippen LogP contribution in [-0.2, 0) is 9.59 Å². The lowest BCUT2D eigenvalue weighted by Gasteiger charge is -2.47. The Morgan fingerprint density at radius 3 is 2.35 bits per heavy atom. The maximum Gasteiger partial charge on any atom is 0.235 e. The SMILES string of the molecule is Cc1cc(C)nc(N2CC[NH+](CCCCN3C(=O)[C@@H]4CC[C@@](C)(C3=O)C4(C)C)CC2)n1. The molecule has 1 saturated carbocycles. The molecule has 0 unspecified atom stereocenters. The average Bonchev–Trinajstić information content (AvgIpc) is 2.90. The van der Waals surface area contributed by atoms with Gasteiger partial charge in [-0.25, -0.2) is 9.97 Å². The van der Waals surface area contributed by atoms with Crippen molar-refractivity contribution < 1.29 is 14.5 Å². The van der Waals surface area contributed by atoms with Crippen molar-refractivity contribution in [2.24, 2.45) is 16.7 Å². The molecular weight excluding hydrogens is 390 g/mol. The van der Waals surface area contributed by atoms with Gasteiger partial charge in [0, 0.05) is 23.9 Å². The number of nitrogens with zero attached hydrogens (tertiary/aromatic N) is 4. The van der Waals surface area contributed by atoms with Gasteiger partial charge >= 0.3 is 0 Å². The van der Waals surface area contributed by atoms with Crippen LogP contribution in [0.25, 0.3) is 0 Å². The van der Waals surface area contributed by atoms with E-state index in [0.717, 1.165) is 75.7 Å². The zero-order valence-corrected chi connectivity index (χ0v) is 19.8. The third-order valence-corrected chi connectivity index (χ3v) is 8.39. The minimum atomic E-state index is -0.386. The second-order valence-electron chi connectivity index (χ2n) is 10.6. The molecule has 3 fully saturated rings. The van der Waals surface area contributed by atoms with Gasteiger partial charge in [0.2, 0.25) is 17.8 Å². The van der Waals surface area contributed by atoms with Crippen LogP contribution in [0.1, 0.15) is 57.8 Å². The first kappa shape index (κ1) is 22.2.